The number of nitrogens with one attached hydrogen (secondary N) is 2. The van der Waals surface area contributed by atoms with Gasteiger partial charge in [0.2, 0.25) is 10.0 Å². The molecule has 0 bridgehead atoms. The number of hydrogen-bond acceptors (Lipinski definition) is 5. The van der Waals surface area contributed by atoms with E-state index in [9.17, 15) is 8.42 Å². The van der Waals surface area contributed by atoms with Gasteiger partial charge in [0.25, 0.3) is 0 Å². The lowest BCUT2D eigenvalue weighted by Gasteiger charge is -2.08. The van der Waals surface area contributed by atoms with Crippen LogP contribution in [0.5, 0.6) is 0 Å². The smallest absolute Gasteiger partial charge is 0.240 e. The Morgan fingerprint density at radius 2 is 1.81 bits per heavy atom. The average Bonchev–Trinajstić information content (AvgIpc) is 2.99. The minimum absolute atomic E-state index is 0.248. The molecule has 0 saturated heterocycles. The van der Waals surface area contributed by atoms with Gasteiger partial charge in [-0.2, -0.15) is 0 Å². The van der Waals surface area contributed by atoms with E-state index in [0.717, 1.165) is 22.4 Å². The van der Waals surface area contributed by atoms with Crippen molar-refractivity contribution in [2.24, 2.45) is 7.05 Å². The van der Waals surface area contributed by atoms with E-state index in [1.54, 1.807) is 12.1 Å². The van der Waals surface area contributed by atoms with E-state index in [2.05, 4.69) is 19.6 Å². The molecule has 0 atom stereocenters. The van der Waals surface area contributed by atoms with Crippen LogP contribution < -0.4 is 10.0 Å². The monoisotopic (exact) mass is 388 g/mol. The molecule has 3 rings (SSSR count). The molecule has 3 aromatic rings. The summed E-state index contributed by atoms with van der Waals surface area (Å²) in [5.41, 5.74) is 3.08. The van der Waals surface area contributed by atoms with Crippen molar-refractivity contribution in [2.45, 2.75) is 18.0 Å². The molecule has 0 aliphatic heterocycles. The maximum atomic E-state index is 12.1. The minimum atomic E-state index is -3.50. The molecule has 27 heavy (non-hydrogen) atoms. The van der Waals surface area contributed by atoms with Gasteiger partial charge in [-0.3, -0.25) is 0 Å². The highest BCUT2D eigenvalue weighted by molar-refractivity contribution is 7.89. The molecular weight excluding hydrogens is 364 g/mol. The van der Waals surface area contributed by atoms with Crippen molar-refractivity contribution in [1.29, 1.82) is 0 Å². The number of methoxy groups -OCH3 is 1. The van der Waals surface area contributed by atoms with Gasteiger partial charge in [0.1, 0.15) is 5.82 Å². The maximum Gasteiger partial charge on any atom is 0.240 e. The van der Waals surface area contributed by atoms with Gasteiger partial charge in [0, 0.05) is 27.2 Å². The van der Waals surface area contributed by atoms with E-state index in [-0.39, 0.29) is 11.4 Å². The number of aryl methyl sites for hydroxylation is 1. The highest BCUT2D eigenvalue weighted by Gasteiger charge is 2.13. The molecule has 0 saturated carbocycles. The SMILES string of the molecule is COCCNS(=O)(=O)c1ccc(CNCc2nc3ccccc3n2C)cc1. The van der Waals surface area contributed by atoms with Crippen molar-refractivity contribution >= 4 is 21.1 Å². The Hall–Kier alpha value is -2.26. The summed E-state index contributed by atoms with van der Waals surface area (Å²) in [5.74, 6) is 0.956. The second-order valence-electron chi connectivity index (χ2n) is 6.21. The largest absolute Gasteiger partial charge is 0.383 e. The lowest BCUT2D eigenvalue weighted by molar-refractivity contribution is 0.204. The highest BCUT2D eigenvalue weighted by atomic mass is 32.2. The fraction of sp³-hybridized carbons (Fsp3) is 0.316. The molecule has 0 amide bonds. The Labute approximate surface area is 159 Å². The quantitative estimate of drug-likeness (QED) is 0.546. The molecule has 2 N–H and O–H groups in total. The maximum absolute atomic E-state index is 12.1. The molecule has 144 valence electrons. The Morgan fingerprint density at radius 3 is 2.52 bits per heavy atom. The summed E-state index contributed by atoms with van der Waals surface area (Å²) in [7, 11) is 0.0370. The molecular formula is C19H24N4O3S. The Bertz CT molecular complexity index is 997. The molecule has 0 fully saturated rings. The first kappa shape index (κ1) is 19.5. The van der Waals surface area contributed by atoms with Gasteiger partial charge in [0.05, 0.1) is 29.1 Å². The lowest BCUT2D eigenvalue weighted by atomic mass is 10.2. The zero-order chi connectivity index (χ0) is 19.3. The van der Waals surface area contributed by atoms with Crippen LogP contribution in [0.25, 0.3) is 11.0 Å². The second-order valence-corrected chi connectivity index (χ2v) is 7.98. The van der Waals surface area contributed by atoms with Gasteiger partial charge in [-0.25, -0.2) is 18.1 Å². The van der Waals surface area contributed by atoms with E-state index in [1.165, 1.54) is 7.11 Å². The number of aromatic nitrogens is 2. The van der Waals surface area contributed by atoms with Crippen LogP contribution in [-0.4, -0.2) is 38.2 Å². The van der Waals surface area contributed by atoms with E-state index in [4.69, 9.17) is 4.74 Å². The average molecular weight is 388 g/mol. The second kappa shape index (κ2) is 8.62. The van der Waals surface area contributed by atoms with Gasteiger partial charge < -0.3 is 14.6 Å². The van der Waals surface area contributed by atoms with Crippen LogP contribution in [0.2, 0.25) is 0 Å². The summed E-state index contributed by atoms with van der Waals surface area (Å²) in [6.07, 6.45) is 0. The summed E-state index contributed by atoms with van der Waals surface area (Å²) in [5, 5.41) is 3.35. The summed E-state index contributed by atoms with van der Waals surface area (Å²) in [6.45, 7) is 1.84. The molecule has 1 heterocycles. The number of fused-ring (bicyclic) bond motifs is 1. The Morgan fingerprint density at radius 1 is 1.07 bits per heavy atom. The third kappa shape index (κ3) is 4.72. The minimum Gasteiger partial charge on any atom is -0.383 e. The Kier molecular flexibility index (Phi) is 6.22. The molecule has 0 radical (unpaired) electrons. The summed E-state index contributed by atoms with van der Waals surface area (Å²) >= 11 is 0. The van der Waals surface area contributed by atoms with Crippen molar-refractivity contribution in [2.75, 3.05) is 20.3 Å². The van der Waals surface area contributed by atoms with Crippen LogP contribution in [0, 0.1) is 0 Å². The van der Waals surface area contributed by atoms with Crippen molar-refractivity contribution in [1.82, 2.24) is 19.6 Å². The number of ether oxygens (including phenoxy) is 1. The summed E-state index contributed by atoms with van der Waals surface area (Å²) in [4.78, 5) is 4.88. The predicted molar refractivity (Wildman–Crippen MR) is 105 cm³/mol. The molecule has 0 aliphatic rings. The van der Waals surface area contributed by atoms with E-state index >= 15 is 0 Å². The van der Waals surface area contributed by atoms with Gasteiger partial charge in [-0.15, -0.1) is 0 Å². The van der Waals surface area contributed by atoms with Crippen molar-refractivity contribution < 1.29 is 13.2 Å². The topological polar surface area (TPSA) is 85.2 Å². The summed E-state index contributed by atoms with van der Waals surface area (Å²) in [6, 6.07) is 14.9. The zero-order valence-electron chi connectivity index (χ0n) is 15.5. The fourth-order valence-corrected chi connectivity index (χ4v) is 3.83. The lowest BCUT2D eigenvalue weighted by Crippen LogP contribution is -2.27. The first-order valence-corrected chi connectivity index (χ1v) is 10.2. The van der Waals surface area contributed by atoms with Crippen LogP contribution in [0.15, 0.2) is 53.4 Å². The fourth-order valence-electron chi connectivity index (χ4n) is 2.82. The number of imidazole rings is 1. The number of sulfonamides is 1. The first-order chi connectivity index (χ1) is 13.0. The number of benzene rings is 2. The van der Waals surface area contributed by atoms with E-state index in [0.29, 0.717) is 19.7 Å². The van der Waals surface area contributed by atoms with Gasteiger partial charge in [-0.1, -0.05) is 24.3 Å². The van der Waals surface area contributed by atoms with Crippen molar-refractivity contribution in [3.8, 4) is 0 Å². The molecule has 7 nitrogen and oxygen atoms in total. The highest BCUT2D eigenvalue weighted by Crippen LogP contribution is 2.14. The third-order valence-electron chi connectivity index (χ3n) is 4.32. The van der Waals surface area contributed by atoms with Crippen LogP contribution in [-0.2, 0) is 34.9 Å². The van der Waals surface area contributed by atoms with Crippen LogP contribution in [0.3, 0.4) is 0 Å². The van der Waals surface area contributed by atoms with Crippen molar-refractivity contribution in [3.05, 3.63) is 59.9 Å². The molecule has 0 aliphatic carbocycles. The first-order valence-electron chi connectivity index (χ1n) is 8.70. The standard InChI is InChI=1S/C19H24N4O3S/c1-23-18-6-4-3-5-17(18)22-19(23)14-20-13-15-7-9-16(10-8-15)27(24,25)21-11-12-26-2/h3-10,20-21H,11-14H2,1-2H3. The Balaban J connectivity index is 1.58. The number of para-hydroxylation sites is 2. The van der Waals surface area contributed by atoms with Gasteiger partial charge in [-0.05, 0) is 29.8 Å². The van der Waals surface area contributed by atoms with Gasteiger partial charge in [0.15, 0.2) is 0 Å². The molecule has 0 unspecified atom stereocenters. The van der Waals surface area contributed by atoms with E-state index < -0.39 is 10.0 Å². The van der Waals surface area contributed by atoms with Crippen molar-refractivity contribution in [3.63, 3.8) is 0 Å². The molecule has 0 spiro atoms. The van der Waals surface area contributed by atoms with Crippen LogP contribution in [0.1, 0.15) is 11.4 Å². The van der Waals surface area contributed by atoms with Crippen LogP contribution in [0.4, 0.5) is 0 Å². The predicted octanol–water partition coefficient (Wildman–Crippen LogP) is 1.79. The summed E-state index contributed by atoms with van der Waals surface area (Å²) < 4.78 is 33.7. The molecule has 1 aromatic heterocycles. The molecule has 2 aromatic carbocycles. The molecule has 8 heteroatoms. The zero-order valence-corrected chi connectivity index (χ0v) is 16.3. The van der Waals surface area contributed by atoms with Gasteiger partial charge >= 0.3 is 0 Å². The van der Waals surface area contributed by atoms with E-state index in [1.807, 2.05) is 43.4 Å². The number of rotatable bonds is 9. The number of nitrogens with zero attached hydrogens (tertiary/aromatic N) is 2. The van der Waals surface area contributed by atoms with Crippen LogP contribution >= 0.6 is 0 Å². The third-order valence-corrected chi connectivity index (χ3v) is 5.80. The number of hydrogen-bond donors (Lipinski definition) is 2. The normalized spacial score (nSPS) is 11.9.